The van der Waals surface area contributed by atoms with Gasteiger partial charge in [-0.1, -0.05) is 0 Å². The molecule has 2 heterocycles. The lowest BCUT2D eigenvalue weighted by atomic mass is 10.0. The highest BCUT2D eigenvalue weighted by atomic mass is 19.1. The average molecular weight is 277 g/mol. The quantitative estimate of drug-likeness (QED) is 0.777. The van der Waals surface area contributed by atoms with Crippen LogP contribution in [0.4, 0.5) is 15.8 Å². The van der Waals surface area contributed by atoms with E-state index in [0.717, 1.165) is 43.6 Å². The third-order valence-corrected chi connectivity index (χ3v) is 4.02. The number of aryl methyl sites for hydroxylation is 1. The zero-order chi connectivity index (χ0) is 13.9. The van der Waals surface area contributed by atoms with Crippen LogP contribution in [-0.2, 0) is 11.2 Å². The highest BCUT2D eigenvalue weighted by Crippen LogP contribution is 2.29. The first-order valence-corrected chi connectivity index (χ1v) is 7.32. The van der Waals surface area contributed by atoms with Gasteiger partial charge in [0.15, 0.2) is 0 Å². The third kappa shape index (κ3) is 2.93. The number of carbonyl (C=O) groups is 1. The van der Waals surface area contributed by atoms with Crippen molar-refractivity contribution in [2.45, 2.75) is 38.1 Å². The van der Waals surface area contributed by atoms with E-state index in [9.17, 15) is 9.18 Å². The Morgan fingerprint density at radius 1 is 1.20 bits per heavy atom. The zero-order valence-electron chi connectivity index (χ0n) is 11.5. The van der Waals surface area contributed by atoms with E-state index in [1.54, 1.807) is 12.1 Å². The smallest absolute Gasteiger partial charge is 0.224 e. The van der Waals surface area contributed by atoms with Gasteiger partial charge in [-0.3, -0.25) is 4.79 Å². The molecule has 2 aliphatic heterocycles. The predicted molar refractivity (Wildman–Crippen MR) is 77.5 cm³/mol. The lowest BCUT2D eigenvalue weighted by Gasteiger charge is -2.22. The minimum Gasteiger partial charge on any atom is -0.380 e. The van der Waals surface area contributed by atoms with E-state index in [2.05, 4.69) is 16.0 Å². The van der Waals surface area contributed by atoms with Crippen molar-refractivity contribution < 1.29 is 9.18 Å². The summed E-state index contributed by atoms with van der Waals surface area (Å²) in [4.78, 5) is 11.4. The Balaban J connectivity index is 1.78. The Hall–Kier alpha value is -1.62. The maximum absolute atomic E-state index is 14.1. The average Bonchev–Trinajstić information content (AvgIpc) is 2.69. The maximum atomic E-state index is 14.1. The van der Waals surface area contributed by atoms with Crippen LogP contribution in [0.15, 0.2) is 12.1 Å². The first-order chi connectivity index (χ1) is 9.72. The van der Waals surface area contributed by atoms with Crippen LogP contribution < -0.4 is 16.0 Å². The van der Waals surface area contributed by atoms with Crippen molar-refractivity contribution in [3.8, 4) is 0 Å². The molecule has 1 aromatic carbocycles. The molecular weight excluding hydrogens is 257 g/mol. The zero-order valence-corrected chi connectivity index (χ0v) is 11.5. The number of anilines is 2. The number of fused-ring (bicyclic) bond motifs is 1. The Labute approximate surface area is 118 Å². The van der Waals surface area contributed by atoms with Gasteiger partial charge >= 0.3 is 0 Å². The molecule has 108 valence electrons. The van der Waals surface area contributed by atoms with Crippen LogP contribution in [0, 0.1) is 5.82 Å². The predicted octanol–water partition coefficient (Wildman–Crippen LogP) is 2.26. The van der Waals surface area contributed by atoms with Crippen LogP contribution in [0.5, 0.6) is 0 Å². The minimum atomic E-state index is -0.225. The Morgan fingerprint density at radius 3 is 3.00 bits per heavy atom. The van der Waals surface area contributed by atoms with Crippen LogP contribution in [0.25, 0.3) is 0 Å². The van der Waals surface area contributed by atoms with E-state index in [4.69, 9.17) is 0 Å². The molecule has 1 saturated heterocycles. The molecule has 1 fully saturated rings. The van der Waals surface area contributed by atoms with Crippen LogP contribution >= 0.6 is 0 Å². The SMILES string of the molecule is O=C1CCc2cc(F)c(NC3CCCNCC3)cc2N1. The normalized spacial score (nSPS) is 22.6. The number of benzene rings is 1. The molecule has 20 heavy (non-hydrogen) atoms. The first kappa shape index (κ1) is 13.4. The Bertz CT molecular complexity index is 510. The van der Waals surface area contributed by atoms with E-state index in [-0.39, 0.29) is 17.8 Å². The number of amides is 1. The van der Waals surface area contributed by atoms with Crippen LogP contribution in [0.1, 0.15) is 31.2 Å². The van der Waals surface area contributed by atoms with Crippen molar-refractivity contribution in [3.05, 3.63) is 23.5 Å². The lowest BCUT2D eigenvalue weighted by molar-refractivity contribution is -0.116. The molecule has 0 spiro atoms. The van der Waals surface area contributed by atoms with Gasteiger partial charge in [0.2, 0.25) is 5.91 Å². The highest BCUT2D eigenvalue weighted by molar-refractivity contribution is 5.94. The molecular formula is C15H20FN3O. The fourth-order valence-corrected chi connectivity index (χ4v) is 2.89. The van der Waals surface area contributed by atoms with Gasteiger partial charge in [-0.05, 0) is 56.5 Å². The summed E-state index contributed by atoms with van der Waals surface area (Å²) in [6, 6.07) is 3.57. The third-order valence-electron chi connectivity index (χ3n) is 4.02. The number of carbonyl (C=O) groups excluding carboxylic acids is 1. The van der Waals surface area contributed by atoms with Crippen molar-refractivity contribution in [2.75, 3.05) is 23.7 Å². The van der Waals surface area contributed by atoms with Gasteiger partial charge in [-0.2, -0.15) is 0 Å². The number of rotatable bonds is 2. The molecule has 0 saturated carbocycles. The molecule has 1 amide bonds. The van der Waals surface area contributed by atoms with Gasteiger partial charge in [0.25, 0.3) is 0 Å². The lowest BCUT2D eigenvalue weighted by Crippen LogP contribution is -2.23. The fourth-order valence-electron chi connectivity index (χ4n) is 2.89. The second kappa shape index (κ2) is 5.79. The highest BCUT2D eigenvalue weighted by Gasteiger charge is 2.19. The molecule has 0 bridgehead atoms. The largest absolute Gasteiger partial charge is 0.380 e. The second-order valence-corrected chi connectivity index (χ2v) is 5.56. The first-order valence-electron chi connectivity index (χ1n) is 7.32. The van der Waals surface area contributed by atoms with Crippen molar-refractivity contribution in [1.29, 1.82) is 0 Å². The van der Waals surface area contributed by atoms with Crippen LogP contribution in [-0.4, -0.2) is 25.0 Å². The Kier molecular flexibility index (Phi) is 3.87. The van der Waals surface area contributed by atoms with Gasteiger partial charge in [-0.25, -0.2) is 4.39 Å². The summed E-state index contributed by atoms with van der Waals surface area (Å²) in [6.45, 7) is 1.99. The molecule has 2 aliphatic rings. The topological polar surface area (TPSA) is 53.2 Å². The van der Waals surface area contributed by atoms with Gasteiger partial charge in [0.1, 0.15) is 5.82 Å². The summed E-state index contributed by atoms with van der Waals surface area (Å²) < 4.78 is 14.1. The van der Waals surface area contributed by atoms with Crippen molar-refractivity contribution in [3.63, 3.8) is 0 Å². The number of halogens is 1. The Morgan fingerprint density at radius 2 is 2.10 bits per heavy atom. The maximum Gasteiger partial charge on any atom is 0.224 e. The summed E-state index contributed by atoms with van der Waals surface area (Å²) >= 11 is 0. The van der Waals surface area contributed by atoms with E-state index in [0.29, 0.717) is 18.5 Å². The summed E-state index contributed by atoms with van der Waals surface area (Å²) in [5.74, 6) is -0.217. The fraction of sp³-hybridized carbons (Fsp3) is 0.533. The minimum absolute atomic E-state index is 0.00808. The molecule has 3 N–H and O–H groups in total. The molecule has 1 aromatic rings. The standard InChI is InChI=1S/C15H20FN3O/c16-12-8-10-3-4-15(20)19-13(10)9-14(12)18-11-2-1-6-17-7-5-11/h8-9,11,17-18H,1-7H2,(H,19,20). The summed E-state index contributed by atoms with van der Waals surface area (Å²) in [6.07, 6.45) is 4.18. The molecule has 3 rings (SSSR count). The van der Waals surface area contributed by atoms with Crippen molar-refractivity contribution >= 4 is 17.3 Å². The van der Waals surface area contributed by atoms with E-state index < -0.39 is 0 Å². The second-order valence-electron chi connectivity index (χ2n) is 5.56. The van der Waals surface area contributed by atoms with E-state index >= 15 is 0 Å². The molecule has 0 aromatic heterocycles. The van der Waals surface area contributed by atoms with Gasteiger partial charge in [0.05, 0.1) is 5.69 Å². The molecule has 5 heteroatoms. The number of nitrogens with one attached hydrogen (secondary N) is 3. The summed E-state index contributed by atoms with van der Waals surface area (Å²) in [5.41, 5.74) is 2.13. The molecule has 0 radical (unpaired) electrons. The van der Waals surface area contributed by atoms with Crippen molar-refractivity contribution in [1.82, 2.24) is 5.32 Å². The van der Waals surface area contributed by atoms with Gasteiger partial charge < -0.3 is 16.0 Å². The van der Waals surface area contributed by atoms with Gasteiger partial charge in [0, 0.05) is 18.2 Å². The van der Waals surface area contributed by atoms with Crippen molar-refractivity contribution in [2.24, 2.45) is 0 Å². The van der Waals surface area contributed by atoms with E-state index in [1.165, 1.54) is 0 Å². The molecule has 0 aliphatic carbocycles. The van der Waals surface area contributed by atoms with Crippen LogP contribution in [0.2, 0.25) is 0 Å². The number of hydrogen-bond acceptors (Lipinski definition) is 3. The van der Waals surface area contributed by atoms with Gasteiger partial charge in [-0.15, -0.1) is 0 Å². The molecule has 1 unspecified atom stereocenters. The summed E-state index contributed by atoms with van der Waals surface area (Å²) in [5, 5.41) is 9.45. The van der Waals surface area contributed by atoms with E-state index in [1.807, 2.05) is 0 Å². The summed E-state index contributed by atoms with van der Waals surface area (Å²) in [7, 11) is 0. The molecule has 4 nitrogen and oxygen atoms in total. The number of hydrogen-bond donors (Lipinski definition) is 3. The monoisotopic (exact) mass is 277 g/mol. The molecule has 1 atom stereocenters. The van der Waals surface area contributed by atoms with Crippen LogP contribution in [0.3, 0.4) is 0 Å².